The van der Waals surface area contributed by atoms with Gasteiger partial charge in [0.1, 0.15) is 0 Å². The zero-order valence-corrected chi connectivity index (χ0v) is 13.6. The minimum Gasteiger partial charge on any atom is -0.361 e. The molecule has 1 aromatic carbocycles. The maximum absolute atomic E-state index is 12.0. The summed E-state index contributed by atoms with van der Waals surface area (Å²) >= 11 is 0. The van der Waals surface area contributed by atoms with E-state index in [2.05, 4.69) is 20.7 Å². The lowest BCUT2D eigenvalue weighted by Gasteiger charge is -2.08. The molecule has 2 amide bonds. The fraction of sp³-hybridized carbons (Fsp3) is 0.235. The summed E-state index contributed by atoms with van der Waals surface area (Å²) in [4.78, 5) is 27.0. The van der Waals surface area contributed by atoms with Crippen molar-refractivity contribution in [1.29, 1.82) is 0 Å². The molecule has 2 aromatic heterocycles. The average Bonchev–Trinajstić information content (AvgIpc) is 3.14. The third-order valence-electron chi connectivity index (χ3n) is 3.76. The van der Waals surface area contributed by atoms with Crippen LogP contribution in [-0.4, -0.2) is 33.1 Å². The summed E-state index contributed by atoms with van der Waals surface area (Å²) in [5.74, 6) is -1.35. The quantitative estimate of drug-likeness (QED) is 0.638. The summed E-state index contributed by atoms with van der Waals surface area (Å²) in [6, 6.07) is 9.30. The Labute approximate surface area is 139 Å². The Hall–Kier alpha value is -3.09. The molecule has 124 valence electrons. The third-order valence-corrected chi connectivity index (χ3v) is 3.76. The smallest absolute Gasteiger partial charge is 0.313 e. The molecule has 3 rings (SSSR count). The molecule has 7 heteroatoms. The molecule has 0 spiro atoms. The molecule has 2 heterocycles. The number of carbonyl (C=O) groups is 2. The maximum atomic E-state index is 12.0. The molecule has 0 saturated carbocycles. The molecule has 24 heavy (non-hydrogen) atoms. The van der Waals surface area contributed by atoms with Crippen LogP contribution in [0.1, 0.15) is 11.4 Å². The normalized spacial score (nSPS) is 10.8. The van der Waals surface area contributed by atoms with Gasteiger partial charge in [-0.2, -0.15) is 5.10 Å². The van der Waals surface area contributed by atoms with Gasteiger partial charge < -0.3 is 15.6 Å². The number of aromatic nitrogens is 3. The van der Waals surface area contributed by atoms with Gasteiger partial charge in [0, 0.05) is 29.3 Å². The second-order valence-electron chi connectivity index (χ2n) is 5.60. The summed E-state index contributed by atoms with van der Waals surface area (Å²) in [6.45, 7) is 4.72. The highest BCUT2D eigenvalue weighted by Crippen LogP contribution is 2.21. The summed E-state index contributed by atoms with van der Waals surface area (Å²) in [5, 5.41) is 10.4. The second-order valence-corrected chi connectivity index (χ2v) is 5.60. The van der Waals surface area contributed by atoms with Gasteiger partial charge in [0.25, 0.3) is 0 Å². The van der Waals surface area contributed by atoms with E-state index in [4.69, 9.17) is 0 Å². The molecule has 0 unspecified atom stereocenters. The second kappa shape index (κ2) is 6.57. The average molecular weight is 325 g/mol. The van der Waals surface area contributed by atoms with Gasteiger partial charge in [-0.15, -0.1) is 0 Å². The van der Waals surface area contributed by atoms with Gasteiger partial charge in [0.15, 0.2) is 0 Å². The standard InChI is InChI=1S/C17H19N5O2/c1-11-10-12(2)22(21-11)9-8-19-16(23)17(24)20-15-5-3-4-14-13(15)6-7-18-14/h3-7,10,18H,8-9H2,1-2H3,(H,19,23)(H,20,24). The third kappa shape index (κ3) is 3.29. The Morgan fingerprint density at radius 3 is 2.79 bits per heavy atom. The molecule has 0 aliphatic rings. The number of aromatic amines is 1. The van der Waals surface area contributed by atoms with Gasteiger partial charge >= 0.3 is 11.8 Å². The highest BCUT2D eigenvalue weighted by molar-refractivity contribution is 6.40. The molecule has 3 N–H and O–H groups in total. The van der Waals surface area contributed by atoms with Gasteiger partial charge in [-0.05, 0) is 38.1 Å². The van der Waals surface area contributed by atoms with Crippen molar-refractivity contribution >= 4 is 28.4 Å². The summed E-state index contributed by atoms with van der Waals surface area (Å²) in [6.07, 6.45) is 1.79. The van der Waals surface area contributed by atoms with Crippen LogP contribution in [-0.2, 0) is 16.1 Å². The summed E-state index contributed by atoms with van der Waals surface area (Å²) < 4.78 is 1.80. The van der Waals surface area contributed by atoms with Crippen LogP contribution in [0.25, 0.3) is 10.9 Å². The van der Waals surface area contributed by atoms with Crippen LogP contribution in [0.2, 0.25) is 0 Å². The van der Waals surface area contributed by atoms with Gasteiger partial charge in [0.05, 0.1) is 17.9 Å². The van der Waals surface area contributed by atoms with Crippen LogP contribution < -0.4 is 10.6 Å². The van der Waals surface area contributed by atoms with Crippen LogP contribution >= 0.6 is 0 Å². The van der Waals surface area contributed by atoms with E-state index in [-0.39, 0.29) is 0 Å². The number of amides is 2. The lowest BCUT2D eigenvalue weighted by Crippen LogP contribution is -2.37. The summed E-state index contributed by atoms with van der Waals surface area (Å²) in [5.41, 5.74) is 3.45. The number of rotatable bonds is 4. The van der Waals surface area contributed by atoms with Crippen LogP contribution in [0.4, 0.5) is 5.69 Å². The molecule has 0 fully saturated rings. The molecule has 0 aliphatic heterocycles. The molecule has 0 bridgehead atoms. The van der Waals surface area contributed by atoms with Crippen molar-refractivity contribution in [3.8, 4) is 0 Å². The first-order chi connectivity index (χ1) is 11.5. The van der Waals surface area contributed by atoms with Crippen LogP contribution in [0.3, 0.4) is 0 Å². The van der Waals surface area contributed by atoms with Gasteiger partial charge in [0.2, 0.25) is 0 Å². The number of aryl methyl sites for hydroxylation is 2. The lowest BCUT2D eigenvalue weighted by molar-refractivity contribution is -0.136. The number of benzene rings is 1. The Bertz CT molecular complexity index is 893. The van der Waals surface area contributed by atoms with Crippen LogP contribution in [0.15, 0.2) is 36.5 Å². The molecule has 0 atom stereocenters. The van der Waals surface area contributed by atoms with Crippen LogP contribution in [0, 0.1) is 13.8 Å². The number of fused-ring (bicyclic) bond motifs is 1. The van der Waals surface area contributed by atoms with E-state index in [9.17, 15) is 9.59 Å². The number of H-pyrrole nitrogens is 1. The maximum Gasteiger partial charge on any atom is 0.313 e. The molecular formula is C17H19N5O2. The highest BCUT2D eigenvalue weighted by atomic mass is 16.2. The molecule has 0 radical (unpaired) electrons. The fourth-order valence-electron chi connectivity index (χ4n) is 2.63. The van der Waals surface area contributed by atoms with Crippen molar-refractivity contribution in [3.05, 3.63) is 47.9 Å². The predicted molar refractivity (Wildman–Crippen MR) is 91.6 cm³/mol. The fourth-order valence-corrected chi connectivity index (χ4v) is 2.63. The van der Waals surface area contributed by atoms with Crippen molar-refractivity contribution in [3.63, 3.8) is 0 Å². The van der Waals surface area contributed by atoms with E-state index in [1.165, 1.54) is 0 Å². The number of nitrogens with zero attached hydrogens (tertiary/aromatic N) is 2. The van der Waals surface area contributed by atoms with Crippen molar-refractivity contribution in [2.24, 2.45) is 0 Å². The SMILES string of the molecule is Cc1cc(C)n(CCNC(=O)C(=O)Nc2cccc3[nH]ccc23)n1. The Kier molecular flexibility index (Phi) is 4.33. The topological polar surface area (TPSA) is 91.8 Å². The van der Waals surface area contributed by atoms with Crippen LogP contribution in [0.5, 0.6) is 0 Å². The zero-order chi connectivity index (χ0) is 17.1. The summed E-state index contributed by atoms with van der Waals surface area (Å²) in [7, 11) is 0. The highest BCUT2D eigenvalue weighted by Gasteiger charge is 2.14. The Morgan fingerprint density at radius 1 is 1.21 bits per heavy atom. The van der Waals surface area contributed by atoms with Crippen molar-refractivity contribution < 1.29 is 9.59 Å². The van der Waals surface area contributed by atoms with E-state index < -0.39 is 11.8 Å². The molecule has 0 aliphatic carbocycles. The minimum atomic E-state index is -0.683. The number of anilines is 1. The van der Waals surface area contributed by atoms with Gasteiger partial charge in [-0.1, -0.05) is 6.07 Å². The molecule has 3 aromatic rings. The Morgan fingerprint density at radius 2 is 2.04 bits per heavy atom. The number of hydrogen-bond acceptors (Lipinski definition) is 3. The molecular weight excluding hydrogens is 306 g/mol. The van der Waals surface area contributed by atoms with Crippen molar-refractivity contribution in [2.45, 2.75) is 20.4 Å². The predicted octanol–water partition coefficient (Wildman–Crippen LogP) is 1.74. The van der Waals surface area contributed by atoms with E-state index >= 15 is 0 Å². The first-order valence-corrected chi connectivity index (χ1v) is 7.71. The monoisotopic (exact) mass is 325 g/mol. The zero-order valence-electron chi connectivity index (χ0n) is 13.6. The van der Waals surface area contributed by atoms with Gasteiger partial charge in [-0.25, -0.2) is 0 Å². The van der Waals surface area contributed by atoms with Crippen molar-refractivity contribution in [2.75, 3.05) is 11.9 Å². The van der Waals surface area contributed by atoms with E-state index in [0.717, 1.165) is 22.3 Å². The van der Waals surface area contributed by atoms with Gasteiger partial charge in [-0.3, -0.25) is 14.3 Å². The van der Waals surface area contributed by atoms with E-state index in [0.29, 0.717) is 18.8 Å². The molecule has 7 nitrogen and oxygen atoms in total. The van der Waals surface area contributed by atoms with E-state index in [1.807, 2.05) is 38.1 Å². The number of nitrogens with one attached hydrogen (secondary N) is 3. The molecule has 0 saturated heterocycles. The minimum absolute atomic E-state index is 0.336. The largest absolute Gasteiger partial charge is 0.361 e. The number of hydrogen-bond donors (Lipinski definition) is 3. The lowest BCUT2D eigenvalue weighted by atomic mass is 10.2. The van der Waals surface area contributed by atoms with E-state index in [1.54, 1.807) is 16.9 Å². The number of carbonyl (C=O) groups excluding carboxylic acids is 2. The Balaban J connectivity index is 1.56. The van der Waals surface area contributed by atoms with Crippen molar-refractivity contribution in [1.82, 2.24) is 20.1 Å². The first-order valence-electron chi connectivity index (χ1n) is 7.71. The first kappa shape index (κ1) is 15.8.